The van der Waals surface area contributed by atoms with Gasteiger partial charge in [0.15, 0.2) is 0 Å². The molecule has 0 aliphatic rings. The molecule has 0 aromatic carbocycles. The van der Waals surface area contributed by atoms with Crippen molar-refractivity contribution in [2.75, 3.05) is 19.8 Å². The Morgan fingerprint density at radius 3 is 2.29 bits per heavy atom. The van der Waals surface area contributed by atoms with E-state index in [1.807, 2.05) is 11.4 Å². The molecule has 0 saturated heterocycles. The molecule has 1 atom stereocenters. The summed E-state index contributed by atoms with van der Waals surface area (Å²) >= 11 is 1.97. The third-order valence-electron chi connectivity index (χ3n) is 0.391. The first-order valence-corrected chi connectivity index (χ1v) is 4.98. The number of rotatable bonds is 3. The fraction of sp³-hybridized carbons (Fsp3) is 1.00. The molecule has 0 aromatic heterocycles. The van der Waals surface area contributed by atoms with Crippen molar-refractivity contribution in [2.45, 2.75) is 6.92 Å². The van der Waals surface area contributed by atoms with E-state index in [9.17, 15) is 0 Å². The topological polar surface area (TPSA) is 3.24 Å². The SMILES string of the molecule is CCSPN(C)C. The van der Waals surface area contributed by atoms with E-state index in [0.717, 1.165) is 7.93 Å². The maximum atomic E-state index is 2.20. The lowest BCUT2D eigenvalue weighted by molar-refractivity contribution is 0.700. The molecule has 44 valence electrons. The minimum absolute atomic E-state index is 0.939. The highest BCUT2D eigenvalue weighted by molar-refractivity contribution is 8.48. The zero-order valence-corrected chi connectivity index (χ0v) is 6.88. The lowest BCUT2D eigenvalue weighted by Gasteiger charge is -2.05. The Hall–Kier alpha value is 0.740. The zero-order chi connectivity index (χ0) is 5.70. The Kier molecular flexibility index (Phi) is 5.41. The molecule has 0 rings (SSSR count). The van der Waals surface area contributed by atoms with E-state index in [4.69, 9.17) is 0 Å². The summed E-state index contributed by atoms with van der Waals surface area (Å²) in [4.78, 5) is 0. The number of hydrogen-bond donors (Lipinski definition) is 0. The molecule has 0 amide bonds. The minimum atomic E-state index is 0.939. The molecule has 0 fully saturated rings. The van der Waals surface area contributed by atoms with Crippen LogP contribution in [0.2, 0.25) is 0 Å². The van der Waals surface area contributed by atoms with Crippen LogP contribution in [-0.2, 0) is 0 Å². The maximum Gasteiger partial charge on any atom is 0.00948 e. The van der Waals surface area contributed by atoms with Crippen molar-refractivity contribution in [3.63, 3.8) is 0 Å². The van der Waals surface area contributed by atoms with Crippen molar-refractivity contribution >= 4 is 19.3 Å². The summed E-state index contributed by atoms with van der Waals surface area (Å²) in [6, 6.07) is 0. The van der Waals surface area contributed by atoms with Gasteiger partial charge in [-0.15, -0.1) is 11.4 Å². The maximum absolute atomic E-state index is 2.20. The van der Waals surface area contributed by atoms with Crippen molar-refractivity contribution < 1.29 is 0 Å². The first kappa shape index (κ1) is 7.74. The summed E-state index contributed by atoms with van der Waals surface area (Å²) in [6.07, 6.45) is 0. The van der Waals surface area contributed by atoms with Crippen LogP contribution in [0.3, 0.4) is 0 Å². The zero-order valence-electron chi connectivity index (χ0n) is 5.06. The van der Waals surface area contributed by atoms with Crippen LogP contribution in [0.4, 0.5) is 0 Å². The van der Waals surface area contributed by atoms with E-state index in [0.29, 0.717) is 0 Å². The lowest BCUT2D eigenvalue weighted by atomic mass is 11.0. The molecule has 0 radical (unpaired) electrons. The average Bonchev–Trinajstić information content (AvgIpc) is 1.61. The van der Waals surface area contributed by atoms with E-state index in [-0.39, 0.29) is 0 Å². The monoisotopic (exact) mass is 137 g/mol. The van der Waals surface area contributed by atoms with Crippen LogP contribution in [0.5, 0.6) is 0 Å². The summed E-state index contributed by atoms with van der Waals surface area (Å²) in [5.74, 6) is 1.23. The fourth-order valence-corrected chi connectivity index (χ4v) is 1.74. The van der Waals surface area contributed by atoms with Crippen LogP contribution >= 0.6 is 19.3 Å². The van der Waals surface area contributed by atoms with Gasteiger partial charge in [0, 0.05) is 7.93 Å². The van der Waals surface area contributed by atoms with Gasteiger partial charge in [-0.2, -0.15) is 0 Å². The second-order valence-electron chi connectivity index (χ2n) is 1.42. The Morgan fingerprint density at radius 1 is 1.57 bits per heavy atom. The van der Waals surface area contributed by atoms with E-state index >= 15 is 0 Å². The second-order valence-corrected chi connectivity index (χ2v) is 4.78. The summed E-state index contributed by atoms with van der Waals surface area (Å²) in [6.45, 7) is 2.18. The highest BCUT2D eigenvalue weighted by Crippen LogP contribution is 2.29. The molecule has 1 nitrogen and oxygen atoms in total. The predicted molar refractivity (Wildman–Crippen MR) is 40.1 cm³/mol. The Balaban J connectivity index is 2.68. The Morgan fingerprint density at radius 2 is 2.14 bits per heavy atom. The Labute approximate surface area is 51.4 Å². The van der Waals surface area contributed by atoms with E-state index in [2.05, 4.69) is 25.7 Å². The standard InChI is InChI=1S/C4H12NPS/c1-4-7-6-5(2)3/h6H,4H2,1-3H3. The Bertz CT molecular complexity index is 40.7. The van der Waals surface area contributed by atoms with E-state index < -0.39 is 0 Å². The van der Waals surface area contributed by atoms with Crippen LogP contribution in [0, 0.1) is 0 Å². The molecule has 0 spiro atoms. The number of nitrogens with zero attached hydrogens (tertiary/aromatic N) is 1. The van der Waals surface area contributed by atoms with Gasteiger partial charge in [-0.25, -0.2) is 0 Å². The van der Waals surface area contributed by atoms with E-state index in [1.54, 1.807) is 0 Å². The number of hydrogen-bond acceptors (Lipinski definition) is 2. The van der Waals surface area contributed by atoms with Gasteiger partial charge in [0.2, 0.25) is 0 Å². The van der Waals surface area contributed by atoms with Crippen molar-refractivity contribution in [1.29, 1.82) is 0 Å². The van der Waals surface area contributed by atoms with Gasteiger partial charge in [0.05, 0.1) is 0 Å². The predicted octanol–water partition coefficient (Wildman–Crippen LogP) is 1.81. The van der Waals surface area contributed by atoms with Crippen LogP contribution in [0.1, 0.15) is 6.92 Å². The van der Waals surface area contributed by atoms with Crippen molar-refractivity contribution in [1.82, 2.24) is 4.67 Å². The average molecular weight is 137 g/mol. The molecule has 3 heteroatoms. The van der Waals surface area contributed by atoms with Gasteiger partial charge >= 0.3 is 0 Å². The van der Waals surface area contributed by atoms with Gasteiger partial charge in [-0.05, 0) is 19.8 Å². The molecule has 0 N–H and O–H groups in total. The highest BCUT2D eigenvalue weighted by atomic mass is 32.7. The summed E-state index contributed by atoms with van der Waals surface area (Å²) in [7, 11) is 5.14. The molecule has 0 aliphatic carbocycles. The molecule has 0 aromatic rings. The summed E-state index contributed by atoms with van der Waals surface area (Å²) in [5, 5.41) is 0. The minimum Gasteiger partial charge on any atom is -0.282 e. The molecule has 1 unspecified atom stereocenters. The quantitative estimate of drug-likeness (QED) is 0.546. The molecular weight excluding hydrogens is 125 g/mol. The molecule has 7 heavy (non-hydrogen) atoms. The lowest BCUT2D eigenvalue weighted by Crippen LogP contribution is -1.93. The molecular formula is C4H12NPS. The van der Waals surface area contributed by atoms with Crippen molar-refractivity contribution in [3.05, 3.63) is 0 Å². The first-order chi connectivity index (χ1) is 3.27. The van der Waals surface area contributed by atoms with Gasteiger partial charge in [0.25, 0.3) is 0 Å². The van der Waals surface area contributed by atoms with Crippen LogP contribution in [0.15, 0.2) is 0 Å². The summed E-state index contributed by atoms with van der Waals surface area (Å²) < 4.78 is 2.20. The second kappa shape index (κ2) is 4.89. The van der Waals surface area contributed by atoms with E-state index in [1.165, 1.54) is 5.75 Å². The molecule has 0 heterocycles. The van der Waals surface area contributed by atoms with Crippen LogP contribution in [0.25, 0.3) is 0 Å². The van der Waals surface area contributed by atoms with Crippen LogP contribution in [-0.4, -0.2) is 24.5 Å². The van der Waals surface area contributed by atoms with Crippen LogP contribution < -0.4 is 0 Å². The highest BCUT2D eigenvalue weighted by Gasteiger charge is 1.83. The molecule has 0 aliphatic heterocycles. The first-order valence-electron chi connectivity index (χ1n) is 2.32. The molecule has 0 bridgehead atoms. The van der Waals surface area contributed by atoms with Gasteiger partial charge in [-0.1, -0.05) is 6.92 Å². The van der Waals surface area contributed by atoms with Crippen molar-refractivity contribution in [3.8, 4) is 0 Å². The third kappa shape index (κ3) is 6.74. The normalized spacial score (nSPS) is 12.0. The third-order valence-corrected chi connectivity index (χ3v) is 3.52. The van der Waals surface area contributed by atoms with Gasteiger partial charge < -0.3 is 0 Å². The summed E-state index contributed by atoms with van der Waals surface area (Å²) in [5.41, 5.74) is 0. The smallest absolute Gasteiger partial charge is 0.00948 e. The van der Waals surface area contributed by atoms with Gasteiger partial charge in [0.1, 0.15) is 0 Å². The largest absolute Gasteiger partial charge is 0.282 e. The van der Waals surface area contributed by atoms with Crippen molar-refractivity contribution in [2.24, 2.45) is 0 Å². The van der Waals surface area contributed by atoms with Gasteiger partial charge in [-0.3, -0.25) is 4.67 Å². The fourth-order valence-electron chi connectivity index (χ4n) is 0.194. The molecule has 0 saturated carbocycles.